The van der Waals surface area contributed by atoms with Crippen LogP contribution in [0.3, 0.4) is 0 Å². The van der Waals surface area contributed by atoms with Crippen molar-refractivity contribution in [3.8, 4) is 0 Å². The van der Waals surface area contributed by atoms with Crippen LogP contribution in [0.5, 0.6) is 0 Å². The first-order chi connectivity index (χ1) is 8.88. The van der Waals surface area contributed by atoms with E-state index in [-0.39, 0.29) is 12.2 Å². The standard InChI is InChI=1S/C11H11F3N2O3/c12-11(13,14)8-3-7(4-9(5-8)16(17)18)10-6-19-2-1-15-10/h3-5,10,15H,1-2,6H2. The zero-order valence-corrected chi connectivity index (χ0v) is 9.74. The van der Waals surface area contributed by atoms with Crippen LogP contribution in [0.25, 0.3) is 0 Å². The number of halogens is 3. The molecule has 0 saturated carbocycles. The van der Waals surface area contributed by atoms with Gasteiger partial charge in [-0.1, -0.05) is 0 Å². The van der Waals surface area contributed by atoms with Crippen molar-refractivity contribution in [3.05, 3.63) is 39.4 Å². The van der Waals surface area contributed by atoms with Crippen molar-refractivity contribution in [1.29, 1.82) is 0 Å². The van der Waals surface area contributed by atoms with Gasteiger partial charge in [0.05, 0.1) is 29.7 Å². The zero-order chi connectivity index (χ0) is 14.0. The quantitative estimate of drug-likeness (QED) is 0.664. The largest absolute Gasteiger partial charge is 0.416 e. The van der Waals surface area contributed by atoms with E-state index in [0.717, 1.165) is 12.1 Å². The summed E-state index contributed by atoms with van der Waals surface area (Å²) >= 11 is 0. The highest BCUT2D eigenvalue weighted by atomic mass is 19.4. The van der Waals surface area contributed by atoms with Gasteiger partial charge in [0.1, 0.15) is 0 Å². The Morgan fingerprint density at radius 2 is 2.11 bits per heavy atom. The Balaban J connectivity index is 2.41. The van der Waals surface area contributed by atoms with Gasteiger partial charge in [-0.15, -0.1) is 0 Å². The Bertz CT molecular complexity index is 485. The molecule has 0 radical (unpaired) electrons. The number of hydrogen-bond donors (Lipinski definition) is 1. The normalized spacial score (nSPS) is 20.3. The molecule has 1 aliphatic rings. The minimum Gasteiger partial charge on any atom is -0.378 e. The number of benzene rings is 1. The maximum atomic E-state index is 12.7. The number of alkyl halides is 3. The predicted octanol–water partition coefficient (Wildman–Crippen LogP) is 2.27. The zero-order valence-electron chi connectivity index (χ0n) is 9.74. The molecule has 2 rings (SSSR count). The fraction of sp³-hybridized carbons (Fsp3) is 0.455. The fourth-order valence-corrected chi connectivity index (χ4v) is 1.88. The second-order valence-electron chi connectivity index (χ2n) is 4.15. The highest BCUT2D eigenvalue weighted by Crippen LogP contribution is 2.34. The van der Waals surface area contributed by atoms with Crippen LogP contribution in [0, 0.1) is 10.1 Å². The van der Waals surface area contributed by atoms with E-state index in [1.54, 1.807) is 0 Å². The van der Waals surface area contributed by atoms with Crippen molar-refractivity contribution in [2.45, 2.75) is 12.2 Å². The number of rotatable bonds is 2. The summed E-state index contributed by atoms with van der Waals surface area (Å²) in [5, 5.41) is 13.7. The first kappa shape index (κ1) is 13.8. The molecule has 104 valence electrons. The van der Waals surface area contributed by atoms with Crippen LogP contribution < -0.4 is 5.32 Å². The van der Waals surface area contributed by atoms with Crippen molar-refractivity contribution in [3.63, 3.8) is 0 Å². The molecule has 1 saturated heterocycles. The van der Waals surface area contributed by atoms with Gasteiger partial charge in [-0.25, -0.2) is 0 Å². The van der Waals surface area contributed by atoms with Gasteiger partial charge in [0, 0.05) is 18.7 Å². The summed E-state index contributed by atoms with van der Waals surface area (Å²) in [6.07, 6.45) is -4.61. The molecule has 0 bridgehead atoms. The number of nitro groups is 1. The third-order valence-electron chi connectivity index (χ3n) is 2.80. The molecule has 1 aromatic carbocycles. The summed E-state index contributed by atoms with van der Waals surface area (Å²) in [7, 11) is 0. The Labute approximate surface area is 106 Å². The number of ether oxygens (including phenoxy) is 1. The third-order valence-corrected chi connectivity index (χ3v) is 2.80. The average Bonchev–Trinajstić information content (AvgIpc) is 2.38. The molecule has 19 heavy (non-hydrogen) atoms. The lowest BCUT2D eigenvalue weighted by Crippen LogP contribution is -2.34. The van der Waals surface area contributed by atoms with E-state index in [2.05, 4.69) is 5.32 Å². The van der Waals surface area contributed by atoms with Gasteiger partial charge in [-0.2, -0.15) is 13.2 Å². The van der Waals surface area contributed by atoms with E-state index < -0.39 is 28.4 Å². The topological polar surface area (TPSA) is 64.4 Å². The molecule has 8 heteroatoms. The number of nitro benzene ring substituents is 1. The Kier molecular flexibility index (Phi) is 3.72. The van der Waals surface area contributed by atoms with E-state index in [4.69, 9.17) is 4.74 Å². The van der Waals surface area contributed by atoms with Crippen LogP contribution in [0.1, 0.15) is 17.2 Å². The molecular weight excluding hydrogens is 265 g/mol. The lowest BCUT2D eigenvalue weighted by atomic mass is 10.0. The molecule has 0 spiro atoms. The summed E-state index contributed by atoms with van der Waals surface area (Å²) < 4.78 is 43.3. The minimum absolute atomic E-state index is 0.193. The van der Waals surface area contributed by atoms with Crippen molar-refractivity contribution in [2.24, 2.45) is 0 Å². The number of non-ortho nitro benzene ring substituents is 1. The molecule has 1 heterocycles. The second kappa shape index (κ2) is 5.14. The molecular formula is C11H11F3N2O3. The second-order valence-corrected chi connectivity index (χ2v) is 4.15. The van der Waals surface area contributed by atoms with Crippen LogP contribution >= 0.6 is 0 Å². The van der Waals surface area contributed by atoms with Gasteiger partial charge < -0.3 is 10.1 Å². The molecule has 5 nitrogen and oxygen atoms in total. The van der Waals surface area contributed by atoms with Gasteiger partial charge >= 0.3 is 6.18 Å². The maximum absolute atomic E-state index is 12.7. The van der Waals surface area contributed by atoms with Crippen molar-refractivity contribution in [1.82, 2.24) is 5.32 Å². The number of nitrogens with zero attached hydrogens (tertiary/aromatic N) is 1. The number of nitrogens with one attached hydrogen (secondary N) is 1. The van der Waals surface area contributed by atoms with E-state index in [0.29, 0.717) is 19.2 Å². The predicted molar refractivity (Wildman–Crippen MR) is 59.7 cm³/mol. The Morgan fingerprint density at radius 3 is 2.63 bits per heavy atom. The average molecular weight is 276 g/mol. The molecule has 0 aromatic heterocycles. The van der Waals surface area contributed by atoms with Crippen LogP contribution in [0.2, 0.25) is 0 Å². The molecule has 1 aliphatic heterocycles. The van der Waals surface area contributed by atoms with Gasteiger partial charge in [0.25, 0.3) is 5.69 Å². The highest BCUT2D eigenvalue weighted by molar-refractivity contribution is 5.42. The van der Waals surface area contributed by atoms with Gasteiger partial charge in [0.15, 0.2) is 0 Å². The maximum Gasteiger partial charge on any atom is 0.416 e. The number of morpholine rings is 1. The van der Waals surface area contributed by atoms with Crippen LogP contribution in [0.15, 0.2) is 18.2 Å². The molecule has 1 fully saturated rings. The smallest absolute Gasteiger partial charge is 0.378 e. The first-order valence-electron chi connectivity index (χ1n) is 5.55. The summed E-state index contributed by atoms with van der Waals surface area (Å²) in [4.78, 5) is 9.87. The lowest BCUT2D eigenvalue weighted by molar-refractivity contribution is -0.385. The molecule has 1 N–H and O–H groups in total. The Hall–Kier alpha value is -1.67. The van der Waals surface area contributed by atoms with E-state index in [1.165, 1.54) is 0 Å². The lowest BCUT2D eigenvalue weighted by Gasteiger charge is -2.24. The van der Waals surface area contributed by atoms with E-state index in [1.807, 2.05) is 0 Å². The van der Waals surface area contributed by atoms with Gasteiger partial charge in [0.2, 0.25) is 0 Å². The van der Waals surface area contributed by atoms with Crippen molar-refractivity contribution < 1.29 is 22.8 Å². The summed E-state index contributed by atoms with van der Waals surface area (Å²) in [5.41, 5.74) is -1.39. The Morgan fingerprint density at radius 1 is 1.37 bits per heavy atom. The minimum atomic E-state index is -4.61. The van der Waals surface area contributed by atoms with Crippen molar-refractivity contribution in [2.75, 3.05) is 19.8 Å². The highest BCUT2D eigenvalue weighted by Gasteiger charge is 2.33. The SMILES string of the molecule is O=[N+]([O-])c1cc(C2COCCN2)cc(C(F)(F)F)c1. The van der Waals surface area contributed by atoms with E-state index >= 15 is 0 Å². The summed E-state index contributed by atoms with van der Waals surface area (Å²) in [6, 6.07) is 2.13. The molecule has 1 unspecified atom stereocenters. The van der Waals surface area contributed by atoms with E-state index in [9.17, 15) is 23.3 Å². The van der Waals surface area contributed by atoms with Gasteiger partial charge in [-0.3, -0.25) is 10.1 Å². The van der Waals surface area contributed by atoms with Gasteiger partial charge in [-0.05, 0) is 11.6 Å². The third kappa shape index (κ3) is 3.21. The molecule has 0 amide bonds. The summed E-state index contributed by atoms with van der Waals surface area (Å²) in [6.45, 7) is 1.16. The monoisotopic (exact) mass is 276 g/mol. The molecule has 1 aromatic rings. The van der Waals surface area contributed by atoms with Crippen LogP contribution in [-0.2, 0) is 10.9 Å². The summed E-state index contributed by atoms with van der Waals surface area (Å²) in [5.74, 6) is 0. The first-order valence-corrected chi connectivity index (χ1v) is 5.55. The molecule has 0 aliphatic carbocycles. The fourth-order valence-electron chi connectivity index (χ4n) is 1.88. The number of hydrogen-bond acceptors (Lipinski definition) is 4. The molecule has 1 atom stereocenters. The van der Waals surface area contributed by atoms with Crippen LogP contribution in [-0.4, -0.2) is 24.7 Å². The van der Waals surface area contributed by atoms with Crippen LogP contribution in [0.4, 0.5) is 18.9 Å². The van der Waals surface area contributed by atoms with Crippen molar-refractivity contribution >= 4 is 5.69 Å².